The molecule has 1 heterocycles. The Morgan fingerprint density at radius 1 is 1.70 bits per heavy atom. The van der Waals surface area contributed by atoms with Crippen molar-refractivity contribution in [2.24, 2.45) is 0 Å². The lowest BCUT2D eigenvalue weighted by Gasteiger charge is -1.96. The van der Waals surface area contributed by atoms with Gasteiger partial charge in [0.2, 0.25) is 0 Å². The lowest BCUT2D eigenvalue weighted by Crippen LogP contribution is -1.87. The Labute approximate surface area is 66.3 Å². The molecule has 0 saturated carbocycles. The van der Waals surface area contributed by atoms with Crippen LogP contribution < -0.4 is 4.74 Å². The van der Waals surface area contributed by atoms with Gasteiger partial charge in [-0.15, -0.1) is 11.3 Å². The lowest BCUT2D eigenvalue weighted by molar-refractivity contribution is 0.407. The van der Waals surface area contributed by atoms with Crippen LogP contribution in [0, 0.1) is 0 Å². The molecule has 0 N–H and O–H groups in total. The van der Waals surface area contributed by atoms with Crippen molar-refractivity contribution in [2.75, 3.05) is 13.4 Å². The smallest absolute Gasteiger partial charge is 0.145 e. The van der Waals surface area contributed by atoms with E-state index in [1.807, 2.05) is 11.4 Å². The van der Waals surface area contributed by atoms with Gasteiger partial charge in [0.15, 0.2) is 0 Å². The van der Waals surface area contributed by atoms with Crippen molar-refractivity contribution in [2.45, 2.75) is 4.21 Å². The summed E-state index contributed by atoms with van der Waals surface area (Å²) in [6, 6.07) is 1.82. The molecule has 56 valence electrons. The molecule has 1 unspecified atom stereocenters. The molecule has 0 spiro atoms. The molecule has 1 aromatic heterocycles. The number of rotatable bonds is 2. The van der Waals surface area contributed by atoms with Crippen LogP contribution in [0.1, 0.15) is 0 Å². The standard InChI is InChI=1S/C6H8O2S2/c1-8-5-3-4-9-6(5)10(2)7/h3-4H,1-2H3. The SMILES string of the molecule is COc1ccsc1S(C)=O. The van der Waals surface area contributed by atoms with E-state index in [1.54, 1.807) is 13.4 Å². The monoisotopic (exact) mass is 176 g/mol. The summed E-state index contributed by atoms with van der Waals surface area (Å²) in [5.41, 5.74) is 0. The van der Waals surface area contributed by atoms with Gasteiger partial charge in [0.05, 0.1) is 17.9 Å². The van der Waals surface area contributed by atoms with E-state index in [0.717, 1.165) is 9.96 Å². The van der Waals surface area contributed by atoms with E-state index < -0.39 is 10.8 Å². The number of ether oxygens (including phenoxy) is 1. The van der Waals surface area contributed by atoms with Crippen LogP contribution in [0.2, 0.25) is 0 Å². The third-order valence-electron chi connectivity index (χ3n) is 1.08. The molecule has 0 saturated heterocycles. The summed E-state index contributed by atoms with van der Waals surface area (Å²) < 4.78 is 16.7. The molecule has 2 nitrogen and oxygen atoms in total. The highest BCUT2D eigenvalue weighted by molar-refractivity contribution is 7.86. The maximum Gasteiger partial charge on any atom is 0.145 e. The van der Waals surface area contributed by atoms with Crippen molar-refractivity contribution in [1.82, 2.24) is 0 Å². The molecule has 10 heavy (non-hydrogen) atoms. The zero-order valence-corrected chi connectivity index (χ0v) is 7.42. The van der Waals surface area contributed by atoms with Crippen molar-refractivity contribution in [3.05, 3.63) is 11.4 Å². The van der Waals surface area contributed by atoms with Crippen molar-refractivity contribution < 1.29 is 8.95 Å². The molecule has 0 aliphatic rings. The maximum absolute atomic E-state index is 10.9. The topological polar surface area (TPSA) is 26.3 Å². The van der Waals surface area contributed by atoms with E-state index in [4.69, 9.17) is 4.74 Å². The summed E-state index contributed by atoms with van der Waals surface area (Å²) in [6.45, 7) is 0. The quantitative estimate of drug-likeness (QED) is 0.682. The molecule has 0 bridgehead atoms. The molecule has 0 aliphatic heterocycles. The summed E-state index contributed by atoms with van der Waals surface area (Å²) in [6.07, 6.45) is 1.65. The summed E-state index contributed by atoms with van der Waals surface area (Å²) in [5.74, 6) is 0.728. The highest BCUT2D eigenvalue weighted by atomic mass is 32.2. The molecule has 0 aromatic carbocycles. The Morgan fingerprint density at radius 2 is 2.40 bits per heavy atom. The van der Waals surface area contributed by atoms with Gasteiger partial charge in [-0.1, -0.05) is 0 Å². The van der Waals surface area contributed by atoms with Gasteiger partial charge in [0.1, 0.15) is 9.96 Å². The van der Waals surface area contributed by atoms with Gasteiger partial charge in [-0.3, -0.25) is 4.21 Å². The van der Waals surface area contributed by atoms with Gasteiger partial charge in [-0.05, 0) is 11.4 Å². The Bertz CT molecular complexity index is 242. The second kappa shape index (κ2) is 3.16. The number of methoxy groups -OCH3 is 1. The summed E-state index contributed by atoms with van der Waals surface area (Å²) in [7, 11) is 0.666. The molecule has 1 aromatic rings. The van der Waals surface area contributed by atoms with Gasteiger partial charge < -0.3 is 4.74 Å². The first-order valence-corrected chi connectivity index (χ1v) is 5.14. The van der Waals surface area contributed by atoms with E-state index in [1.165, 1.54) is 11.3 Å². The molecule has 0 radical (unpaired) electrons. The summed E-state index contributed by atoms with van der Waals surface area (Å²) in [5, 5.41) is 1.87. The van der Waals surface area contributed by atoms with Crippen molar-refractivity contribution >= 4 is 22.1 Å². The molecular weight excluding hydrogens is 168 g/mol. The van der Waals surface area contributed by atoms with E-state index in [0.29, 0.717) is 0 Å². The Kier molecular flexibility index (Phi) is 2.45. The van der Waals surface area contributed by atoms with Crippen LogP contribution in [-0.4, -0.2) is 17.6 Å². The van der Waals surface area contributed by atoms with E-state index in [2.05, 4.69) is 0 Å². The zero-order valence-electron chi connectivity index (χ0n) is 5.79. The van der Waals surface area contributed by atoms with E-state index in [9.17, 15) is 4.21 Å². The largest absolute Gasteiger partial charge is 0.495 e. The number of hydrogen-bond donors (Lipinski definition) is 0. The third-order valence-corrected chi connectivity index (χ3v) is 3.48. The van der Waals surface area contributed by atoms with Crippen LogP contribution in [0.3, 0.4) is 0 Å². The fourth-order valence-corrected chi connectivity index (χ4v) is 2.37. The normalized spacial score (nSPS) is 13.0. The number of hydrogen-bond acceptors (Lipinski definition) is 3. The van der Waals surface area contributed by atoms with Crippen molar-refractivity contribution in [3.8, 4) is 5.75 Å². The second-order valence-corrected chi connectivity index (χ2v) is 4.22. The van der Waals surface area contributed by atoms with Crippen LogP contribution in [0.15, 0.2) is 15.7 Å². The van der Waals surface area contributed by atoms with Gasteiger partial charge in [0.25, 0.3) is 0 Å². The molecule has 0 fully saturated rings. The predicted molar refractivity (Wildman–Crippen MR) is 43.2 cm³/mol. The lowest BCUT2D eigenvalue weighted by atomic mass is 10.6. The molecule has 4 heteroatoms. The highest BCUT2D eigenvalue weighted by Crippen LogP contribution is 2.26. The molecule has 1 rings (SSSR count). The first kappa shape index (κ1) is 7.75. The minimum Gasteiger partial charge on any atom is -0.495 e. The van der Waals surface area contributed by atoms with E-state index >= 15 is 0 Å². The maximum atomic E-state index is 10.9. The van der Waals surface area contributed by atoms with Gasteiger partial charge in [0, 0.05) is 6.26 Å². The Balaban J connectivity index is 3.01. The second-order valence-electron chi connectivity index (χ2n) is 1.73. The fraction of sp³-hybridized carbons (Fsp3) is 0.333. The average Bonchev–Trinajstić information content (AvgIpc) is 2.33. The number of thiophene rings is 1. The van der Waals surface area contributed by atoms with Crippen LogP contribution in [0.5, 0.6) is 5.75 Å². The minimum absolute atomic E-state index is 0.728. The highest BCUT2D eigenvalue weighted by Gasteiger charge is 2.06. The van der Waals surface area contributed by atoms with Crippen LogP contribution in [0.25, 0.3) is 0 Å². The molecule has 0 amide bonds. The predicted octanol–water partition coefficient (Wildman–Crippen LogP) is 1.49. The van der Waals surface area contributed by atoms with Gasteiger partial charge >= 0.3 is 0 Å². The molecular formula is C6H8O2S2. The van der Waals surface area contributed by atoms with Crippen LogP contribution in [0.4, 0.5) is 0 Å². The zero-order chi connectivity index (χ0) is 7.56. The van der Waals surface area contributed by atoms with Crippen molar-refractivity contribution in [3.63, 3.8) is 0 Å². The van der Waals surface area contributed by atoms with Gasteiger partial charge in [-0.2, -0.15) is 0 Å². The fourth-order valence-electron chi connectivity index (χ4n) is 0.645. The van der Waals surface area contributed by atoms with E-state index in [-0.39, 0.29) is 0 Å². The molecule has 0 aliphatic carbocycles. The van der Waals surface area contributed by atoms with Crippen LogP contribution in [-0.2, 0) is 10.8 Å². The average molecular weight is 176 g/mol. The summed E-state index contributed by atoms with van der Waals surface area (Å²) >= 11 is 1.46. The minimum atomic E-state index is -0.916. The first-order chi connectivity index (χ1) is 4.75. The third kappa shape index (κ3) is 1.38. The van der Waals surface area contributed by atoms with Crippen LogP contribution >= 0.6 is 11.3 Å². The Morgan fingerprint density at radius 3 is 2.80 bits per heavy atom. The van der Waals surface area contributed by atoms with Gasteiger partial charge in [-0.25, -0.2) is 0 Å². The van der Waals surface area contributed by atoms with Crippen molar-refractivity contribution in [1.29, 1.82) is 0 Å². The summed E-state index contributed by atoms with van der Waals surface area (Å²) in [4.78, 5) is 0. The molecule has 1 atom stereocenters. The first-order valence-electron chi connectivity index (χ1n) is 2.70. The Hall–Kier alpha value is -0.350.